The van der Waals surface area contributed by atoms with E-state index in [0.717, 1.165) is 31.9 Å². The average Bonchev–Trinajstić information content (AvgIpc) is 2.85. The van der Waals surface area contributed by atoms with E-state index in [9.17, 15) is 8.42 Å². The van der Waals surface area contributed by atoms with Gasteiger partial charge >= 0.3 is 0 Å². The zero-order valence-electron chi connectivity index (χ0n) is 13.5. The minimum Gasteiger partial charge on any atom is -0.357 e. The molecule has 0 amide bonds. The molecule has 1 aromatic rings. The summed E-state index contributed by atoms with van der Waals surface area (Å²) in [6, 6.07) is 10.3. The van der Waals surface area contributed by atoms with Crippen LogP contribution in [0.2, 0.25) is 0 Å². The number of hydrogen-bond acceptors (Lipinski definition) is 3. The molecule has 0 aliphatic carbocycles. The van der Waals surface area contributed by atoms with Crippen LogP contribution in [-0.4, -0.2) is 45.5 Å². The number of nitrogens with one attached hydrogen (secondary N) is 2. The van der Waals surface area contributed by atoms with Gasteiger partial charge in [-0.3, -0.25) is 4.99 Å². The zero-order valence-corrected chi connectivity index (χ0v) is 16.6. The van der Waals surface area contributed by atoms with Gasteiger partial charge in [-0.1, -0.05) is 30.3 Å². The maximum atomic E-state index is 11.5. The molecule has 1 unspecified atom stereocenters. The summed E-state index contributed by atoms with van der Waals surface area (Å²) in [6.07, 6.45) is 1.66. The second kappa shape index (κ2) is 10.1. The number of nitrogens with zero attached hydrogens (tertiary/aromatic N) is 1. The molecule has 0 bridgehead atoms. The summed E-state index contributed by atoms with van der Waals surface area (Å²) in [6.45, 7) is 4.19. The van der Waals surface area contributed by atoms with E-state index in [2.05, 4.69) is 27.8 Å². The van der Waals surface area contributed by atoms with Gasteiger partial charge in [-0.05, 0) is 31.2 Å². The molecule has 1 aliphatic rings. The summed E-state index contributed by atoms with van der Waals surface area (Å²) >= 11 is 0. The second-order valence-corrected chi connectivity index (χ2v) is 7.88. The van der Waals surface area contributed by atoms with Crippen LogP contribution in [0.1, 0.15) is 18.9 Å². The fraction of sp³-hybridized carbons (Fsp3) is 0.562. The largest absolute Gasteiger partial charge is 0.357 e. The Labute approximate surface area is 156 Å². The Balaban J connectivity index is 0.00000264. The Morgan fingerprint density at radius 1 is 1.26 bits per heavy atom. The lowest BCUT2D eigenvalue weighted by Crippen LogP contribution is -2.38. The fourth-order valence-corrected chi connectivity index (χ4v) is 4.40. The number of halogens is 1. The van der Waals surface area contributed by atoms with Crippen LogP contribution in [-0.2, 0) is 16.3 Å². The third kappa shape index (κ3) is 7.52. The van der Waals surface area contributed by atoms with E-state index in [1.54, 1.807) is 0 Å². The average molecular weight is 451 g/mol. The normalized spacial score (nSPS) is 19.9. The van der Waals surface area contributed by atoms with Crippen molar-refractivity contribution in [1.82, 2.24) is 10.6 Å². The van der Waals surface area contributed by atoms with Crippen molar-refractivity contribution >= 4 is 39.8 Å². The summed E-state index contributed by atoms with van der Waals surface area (Å²) < 4.78 is 22.9. The first kappa shape index (κ1) is 20.2. The van der Waals surface area contributed by atoms with Crippen molar-refractivity contribution in [3.05, 3.63) is 35.9 Å². The molecule has 7 heteroatoms. The summed E-state index contributed by atoms with van der Waals surface area (Å²) in [4.78, 5) is 4.52. The molecule has 130 valence electrons. The molecule has 2 rings (SSSR count). The van der Waals surface area contributed by atoms with Gasteiger partial charge in [-0.25, -0.2) is 8.42 Å². The van der Waals surface area contributed by atoms with Gasteiger partial charge < -0.3 is 10.6 Å². The van der Waals surface area contributed by atoms with Crippen LogP contribution in [0.3, 0.4) is 0 Å². The molecule has 1 saturated heterocycles. The number of benzene rings is 1. The molecular formula is C16H26IN3O2S. The molecule has 1 fully saturated rings. The van der Waals surface area contributed by atoms with E-state index in [-0.39, 0.29) is 35.6 Å². The highest BCUT2D eigenvalue weighted by molar-refractivity contribution is 14.0. The summed E-state index contributed by atoms with van der Waals surface area (Å²) in [5, 5.41) is 6.51. The van der Waals surface area contributed by atoms with Crippen LogP contribution in [0.5, 0.6) is 0 Å². The predicted octanol–water partition coefficient (Wildman–Crippen LogP) is 1.84. The highest BCUT2D eigenvalue weighted by Gasteiger charge is 2.27. The molecule has 1 heterocycles. The summed E-state index contributed by atoms with van der Waals surface area (Å²) in [5.41, 5.74) is 1.28. The standard InChI is InChI=1S/C16H25N3O2S.HI/c1-2-17-16(18-10-8-14-6-4-3-5-7-14)19-12-15-9-11-22(20,21)13-15;/h3-7,15H,2,8-13H2,1H3,(H2,17,18,19);1H. The predicted molar refractivity (Wildman–Crippen MR) is 106 cm³/mol. The number of sulfone groups is 1. The van der Waals surface area contributed by atoms with Crippen molar-refractivity contribution in [2.45, 2.75) is 19.8 Å². The highest BCUT2D eigenvalue weighted by Crippen LogP contribution is 2.18. The van der Waals surface area contributed by atoms with Gasteiger partial charge in [-0.2, -0.15) is 0 Å². The molecule has 5 nitrogen and oxygen atoms in total. The van der Waals surface area contributed by atoms with E-state index in [4.69, 9.17) is 0 Å². The Morgan fingerprint density at radius 2 is 2.00 bits per heavy atom. The van der Waals surface area contributed by atoms with Crippen LogP contribution >= 0.6 is 24.0 Å². The lowest BCUT2D eigenvalue weighted by Gasteiger charge is -2.12. The van der Waals surface area contributed by atoms with E-state index < -0.39 is 9.84 Å². The number of rotatable bonds is 6. The van der Waals surface area contributed by atoms with Gasteiger partial charge in [0.25, 0.3) is 0 Å². The molecule has 1 aromatic carbocycles. The molecule has 0 radical (unpaired) electrons. The first-order chi connectivity index (χ1) is 10.6. The molecule has 23 heavy (non-hydrogen) atoms. The second-order valence-electron chi connectivity index (χ2n) is 5.65. The van der Waals surface area contributed by atoms with E-state index in [1.165, 1.54) is 5.56 Å². The van der Waals surface area contributed by atoms with Gasteiger partial charge in [0.15, 0.2) is 15.8 Å². The van der Waals surface area contributed by atoms with Crippen LogP contribution in [0.15, 0.2) is 35.3 Å². The lowest BCUT2D eigenvalue weighted by molar-refractivity contribution is 0.589. The Hall–Kier alpha value is -0.830. The topological polar surface area (TPSA) is 70.6 Å². The smallest absolute Gasteiger partial charge is 0.191 e. The van der Waals surface area contributed by atoms with Crippen molar-refractivity contribution < 1.29 is 8.42 Å². The van der Waals surface area contributed by atoms with Crippen molar-refractivity contribution in [3.63, 3.8) is 0 Å². The Kier molecular flexibility index (Phi) is 8.90. The molecule has 1 atom stereocenters. The van der Waals surface area contributed by atoms with Gasteiger partial charge in [0.1, 0.15) is 0 Å². The minimum absolute atomic E-state index is 0. The maximum absolute atomic E-state index is 11.5. The molecule has 1 aliphatic heterocycles. The first-order valence-electron chi connectivity index (χ1n) is 7.85. The van der Waals surface area contributed by atoms with E-state index in [0.29, 0.717) is 12.3 Å². The SMILES string of the molecule is CCNC(=NCC1CCS(=O)(=O)C1)NCCc1ccccc1.I. The van der Waals surface area contributed by atoms with Crippen LogP contribution in [0, 0.1) is 5.92 Å². The van der Waals surface area contributed by atoms with Gasteiger partial charge in [0.2, 0.25) is 0 Å². The fourth-order valence-electron chi connectivity index (χ4n) is 2.55. The molecule has 2 N–H and O–H groups in total. The first-order valence-corrected chi connectivity index (χ1v) is 9.68. The van der Waals surface area contributed by atoms with Gasteiger partial charge in [-0.15, -0.1) is 24.0 Å². The monoisotopic (exact) mass is 451 g/mol. The quantitative estimate of drug-likeness (QED) is 0.394. The Bertz CT molecular complexity index is 591. The molecule has 0 aromatic heterocycles. The van der Waals surface area contributed by atoms with Crippen LogP contribution in [0.25, 0.3) is 0 Å². The third-order valence-electron chi connectivity index (χ3n) is 3.73. The summed E-state index contributed by atoms with van der Waals surface area (Å²) in [5.74, 6) is 1.52. The Morgan fingerprint density at radius 3 is 2.61 bits per heavy atom. The minimum atomic E-state index is -2.82. The number of hydrogen-bond donors (Lipinski definition) is 2. The third-order valence-corrected chi connectivity index (χ3v) is 5.56. The molecular weight excluding hydrogens is 425 g/mol. The van der Waals surface area contributed by atoms with Crippen molar-refractivity contribution in [1.29, 1.82) is 0 Å². The lowest BCUT2D eigenvalue weighted by atomic mass is 10.1. The van der Waals surface area contributed by atoms with Crippen LogP contribution in [0.4, 0.5) is 0 Å². The van der Waals surface area contributed by atoms with Gasteiger partial charge in [0.05, 0.1) is 11.5 Å². The van der Waals surface area contributed by atoms with Crippen molar-refractivity contribution in [2.75, 3.05) is 31.1 Å². The van der Waals surface area contributed by atoms with Crippen LogP contribution < -0.4 is 10.6 Å². The summed E-state index contributed by atoms with van der Waals surface area (Å²) in [7, 11) is -2.82. The zero-order chi connectivity index (χ0) is 15.8. The molecule has 0 spiro atoms. The molecule has 0 saturated carbocycles. The van der Waals surface area contributed by atoms with E-state index >= 15 is 0 Å². The number of aliphatic imine (C=N–C) groups is 1. The van der Waals surface area contributed by atoms with Gasteiger partial charge in [0, 0.05) is 19.6 Å². The maximum Gasteiger partial charge on any atom is 0.191 e. The highest BCUT2D eigenvalue weighted by atomic mass is 127. The van der Waals surface area contributed by atoms with Crippen molar-refractivity contribution in [2.24, 2.45) is 10.9 Å². The van der Waals surface area contributed by atoms with Crippen molar-refractivity contribution in [3.8, 4) is 0 Å². The van der Waals surface area contributed by atoms with E-state index in [1.807, 2.05) is 25.1 Å². The number of guanidine groups is 1.